The molecule has 0 radical (unpaired) electrons. The molecule has 2 aliphatic rings. The average Bonchev–Trinajstić information content (AvgIpc) is 3.06. The number of amides is 1. The average molecular weight is 264 g/mol. The fraction of sp³-hybridized carbons (Fsp3) is 0.643. The lowest BCUT2D eigenvalue weighted by Gasteiger charge is -2.20. The summed E-state index contributed by atoms with van der Waals surface area (Å²) in [7, 11) is 0. The largest absolute Gasteiger partial charge is 0.347 e. The van der Waals surface area contributed by atoms with Gasteiger partial charge in [-0.25, -0.2) is 0 Å². The molecule has 4 atom stereocenters. The van der Waals surface area contributed by atoms with E-state index in [9.17, 15) is 4.79 Å². The maximum absolute atomic E-state index is 12.3. The van der Waals surface area contributed by atoms with Crippen molar-refractivity contribution in [2.24, 2.45) is 11.8 Å². The number of fused-ring (bicyclic) bond motifs is 1. The summed E-state index contributed by atoms with van der Waals surface area (Å²) in [6.07, 6.45) is 3.80. The summed E-state index contributed by atoms with van der Waals surface area (Å²) in [5, 5.41) is 8.60. The van der Waals surface area contributed by atoms with Crippen molar-refractivity contribution in [2.45, 2.75) is 38.3 Å². The van der Waals surface area contributed by atoms with E-state index in [1.807, 2.05) is 6.07 Å². The van der Waals surface area contributed by atoms with Crippen LogP contribution in [0.5, 0.6) is 0 Å². The zero-order valence-corrected chi connectivity index (χ0v) is 11.5. The highest BCUT2D eigenvalue weighted by atomic mass is 32.1. The predicted molar refractivity (Wildman–Crippen MR) is 73.5 cm³/mol. The van der Waals surface area contributed by atoms with Gasteiger partial charge in [-0.1, -0.05) is 12.5 Å². The molecule has 0 spiro atoms. The molecule has 1 amide bonds. The molecule has 1 aromatic heterocycles. The molecule has 3 nitrogen and oxygen atoms in total. The van der Waals surface area contributed by atoms with E-state index in [2.05, 4.69) is 29.0 Å². The molecule has 0 bridgehead atoms. The van der Waals surface area contributed by atoms with E-state index >= 15 is 0 Å². The van der Waals surface area contributed by atoms with E-state index in [1.54, 1.807) is 11.3 Å². The Hall–Kier alpha value is -0.870. The van der Waals surface area contributed by atoms with Crippen molar-refractivity contribution in [3.05, 3.63) is 22.4 Å². The van der Waals surface area contributed by atoms with Crippen molar-refractivity contribution in [1.29, 1.82) is 0 Å². The molecule has 1 aliphatic heterocycles. The van der Waals surface area contributed by atoms with Gasteiger partial charge in [-0.15, -0.1) is 11.3 Å². The molecule has 4 heteroatoms. The van der Waals surface area contributed by atoms with E-state index in [4.69, 9.17) is 0 Å². The van der Waals surface area contributed by atoms with Gasteiger partial charge >= 0.3 is 0 Å². The molecule has 1 saturated carbocycles. The number of thiophene rings is 1. The van der Waals surface area contributed by atoms with Crippen molar-refractivity contribution < 1.29 is 4.79 Å². The van der Waals surface area contributed by atoms with Gasteiger partial charge in [0.25, 0.3) is 0 Å². The SMILES string of the molecule is CC(NC(=O)C1NCC2CCCC21)c1cccs1. The van der Waals surface area contributed by atoms with Crippen LogP contribution < -0.4 is 10.6 Å². The van der Waals surface area contributed by atoms with E-state index in [1.165, 1.54) is 24.1 Å². The molecule has 2 fully saturated rings. The van der Waals surface area contributed by atoms with Crippen molar-refractivity contribution in [1.82, 2.24) is 10.6 Å². The Balaban J connectivity index is 1.61. The van der Waals surface area contributed by atoms with Crippen LogP contribution in [0.2, 0.25) is 0 Å². The van der Waals surface area contributed by atoms with Gasteiger partial charge in [-0.3, -0.25) is 4.79 Å². The van der Waals surface area contributed by atoms with E-state index in [0.29, 0.717) is 5.92 Å². The number of hydrogen-bond acceptors (Lipinski definition) is 3. The van der Waals surface area contributed by atoms with E-state index < -0.39 is 0 Å². The number of carbonyl (C=O) groups is 1. The second kappa shape index (κ2) is 5.02. The first-order valence-electron chi connectivity index (χ1n) is 6.83. The second-order valence-corrected chi connectivity index (χ2v) is 6.47. The highest BCUT2D eigenvalue weighted by Crippen LogP contribution is 2.37. The van der Waals surface area contributed by atoms with Crippen LogP contribution in [0.4, 0.5) is 0 Å². The second-order valence-electron chi connectivity index (χ2n) is 5.49. The fourth-order valence-electron chi connectivity index (χ4n) is 3.39. The predicted octanol–water partition coefficient (Wildman–Crippen LogP) is 2.31. The van der Waals surface area contributed by atoms with Gasteiger partial charge in [0.15, 0.2) is 0 Å². The minimum atomic E-state index is 0.0416. The highest BCUT2D eigenvalue weighted by Gasteiger charge is 2.42. The Bertz CT molecular complexity index is 417. The fourth-order valence-corrected chi connectivity index (χ4v) is 4.12. The maximum atomic E-state index is 12.3. The van der Waals surface area contributed by atoms with Crippen molar-refractivity contribution >= 4 is 17.2 Å². The Morgan fingerprint density at radius 3 is 3.22 bits per heavy atom. The lowest BCUT2D eigenvalue weighted by atomic mass is 9.93. The summed E-state index contributed by atoms with van der Waals surface area (Å²) < 4.78 is 0. The molecule has 0 aromatic carbocycles. The third-order valence-electron chi connectivity index (χ3n) is 4.36. The molecular weight excluding hydrogens is 244 g/mol. The van der Waals surface area contributed by atoms with E-state index in [0.717, 1.165) is 12.5 Å². The molecule has 1 aromatic rings. The van der Waals surface area contributed by atoms with Gasteiger partial charge < -0.3 is 10.6 Å². The lowest BCUT2D eigenvalue weighted by Crippen LogP contribution is -2.44. The third-order valence-corrected chi connectivity index (χ3v) is 5.41. The lowest BCUT2D eigenvalue weighted by molar-refractivity contribution is -0.124. The summed E-state index contributed by atoms with van der Waals surface area (Å²) >= 11 is 1.70. The van der Waals surface area contributed by atoms with Crippen molar-refractivity contribution in [3.63, 3.8) is 0 Å². The topological polar surface area (TPSA) is 41.1 Å². The van der Waals surface area contributed by atoms with Crippen LogP contribution in [0.3, 0.4) is 0 Å². The summed E-state index contributed by atoms with van der Waals surface area (Å²) in [6.45, 7) is 3.08. The maximum Gasteiger partial charge on any atom is 0.237 e. The molecule has 2 heterocycles. The summed E-state index contributed by atoms with van der Waals surface area (Å²) in [4.78, 5) is 13.6. The minimum absolute atomic E-state index is 0.0416. The number of hydrogen-bond donors (Lipinski definition) is 2. The Kier molecular flexibility index (Phi) is 3.39. The molecule has 4 unspecified atom stereocenters. The van der Waals surface area contributed by atoms with Crippen LogP contribution in [0, 0.1) is 11.8 Å². The summed E-state index contributed by atoms with van der Waals surface area (Å²) in [6, 6.07) is 4.28. The molecule has 18 heavy (non-hydrogen) atoms. The first-order valence-corrected chi connectivity index (χ1v) is 7.71. The van der Waals surface area contributed by atoms with Gasteiger partial charge in [0.05, 0.1) is 12.1 Å². The van der Waals surface area contributed by atoms with Crippen LogP contribution in [-0.2, 0) is 4.79 Å². The van der Waals surface area contributed by atoms with Gasteiger partial charge in [0.1, 0.15) is 0 Å². The van der Waals surface area contributed by atoms with E-state index in [-0.39, 0.29) is 18.0 Å². The van der Waals surface area contributed by atoms with Crippen LogP contribution in [0.25, 0.3) is 0 Å². The van der Waals surface area contributed by atoms with Crippen LogP contribution in [-0.4, -0.2) is 18.5 Å². The Morgan fingerprint density at radius 1 is 1.56 bits per heavy atom. The molecule has 2 N–H and O–H groups in total. The molecular formula is C14H20N2OS. The number of carbonyl (C=O) groups excluding carboxylic acids is 1. The van der Waals surface area contributed by atoms with Crippen molar-refractivity contribution in [3.8, 4) is 0 Å². The molecule has 98 valence electrons. The third kappa shape index (κ3) is 2.19. The first-order chi connectivity index (χ1) is 8.75. The zero-order chi connectivity index (χ0) is 12.5. The first kappa shape index (κ1) is 12.2. The smallest absolute Gasteiger partial charge is 0.237 e. The Labute approximate surface area is 112 Å². The summed E-state index contributed by atoms with van der Waals surface area (Å²) in [5.74, 6) is 1.49. The zero-order valence-electron chi connectivity index (χ0n) is 10.7. The van der Waals surface area contributed by atoms with Crippen LogP contribution >= 0.6 is 11.3 Å². The van der Waals surface area contributed by atoms with Gasteiger partial charge in [-0.2, -0.15) is 0 Å². The minimum Gasteiger partial charge on any atom is -0.347 e. The van der Waals surface area contributed by atoms with Crippen LogP contribution in [0.1, 0.15) is 37.1 Å². The molecule has 1 saturated heterocycles. The van der Waals surface area contributed by atoms with Gasteiger partial charge in [-0.05, 0) is 49.6 Å². The van der Waals surface area contributed by atoms with Crippen LogP contribution in [0.15, 0.2) is 17.5 Å². The number of nitrogens with one attached hydrogen (secondary N) is 2. The highest BCUT2D eigenvalue weighted by molar-refractivity contribution is 7.10. The Morgan fingerprint density at radius 2 is 2.44 bits per heavy atom. The number of rotatable bonds is 3. The monoisotopic (exact) mass is 264 g/mol. The van der Waals surface area contributed by atoms with Gasteiger partial charge in [0, 0.05) is 4.88 Å². The molecule has 1 aliphatic carbocycles. The normalized spacial score (nSPS) is 32.2. The standard InChI is InChI=1S/C14H20N2OS/c1-9(12-6-3-7-18-12)16-14(17)13-11-5-2-4-10(11)8-15-13/h3,6-7,9-11,13,15H,2,4-5,8H2,1H3,(H,16,17). The summed E-state index contributed by atoms with van der Waals surface area (Å²) in [5.41, 5.74) is 0. The van der Waals surface area contributed by atoms with Gasteiger partial charge in [0.2, 0.25) is 5.91 Å². The van der Waals surface area contributed by atoms with Crippen molar-refractivity contribution in [2.75, 3.05) is 6.54 Å². The molecule has 3 rings (SSSR count). The quantitative estimate of drug-likeness (QED) is 0.879.